The first-order valence-corrected chi connectivity index (χ1v) is 14.0. The number of carbonyl (C=O) groups excluding carboxylic acids is 2. The van der Waals surface area contributed by atoms with Gasteiger partial charge in [0.1, 0.15) is 0 Å². The monoisotopic (exact) mass is 549 g/mol. The number of aromatic nitrogens is 1. The van der Waals surface area contributed by atoms with E-state index in [9.17, 15) is 23.3 Å². The third-order valence-corrected chi connectivity index (χ3v) is 8.79. The van der Waals surface area contributed by atoms with Crippen LogP contribution in [-0.4, -0.2) is 25.0 Å². The van der Waals surface area contributed by atoms with Crippen LogP contribution < -0.4 is 4.72 Å². The van der Waals surface area contributed by atoms with Crippen molar-refractivity contribution in [3.8, 4) is 6.07 Å². The van der Waals surface area contributed by atoms with Crippen LogP contribution >= 0.6 is 11.6 Å². The Labute approximate surface area is 227 Å². The maximum Gasteiger partial charge on any atom is 0.261 e. The normalized spacial score (nSPS) is 16.1. The summed E-state index contributed by atoms with van der Waals surface area (Å²) in [5.74, 6) is -1.29. The van der Waals surface area contributed by atoms with Crippen molar-refractivity contribution in [1.29, 1.82) is 5.26 Å². The van der Waals surface area contributed by atoms with Crippen molar-refractivity contribution in [3.05, 3.63) is 88.2 Å². The predicted molar refractivity (Wildman–Crippen MR) is 146 cm³/mol. The second-order valence-electron chi connectivity index (χ2n) is 10.7. The zero-order valence-electron chi connectivity index (χ0n) is 21.6. The number of ketones is 2. The van der Waals surface area contributed by atoms with Gasteiger partial charge in [-0.15, -0.1) is 0 Å². The number of benzene rings is 2. The van der Waals surface area contributed by atoms with Crippen LogP contribution in [0.4, 0.5) is 5.69 Å². The molecule has 1 aliphatic carbocycles. The van der Waals surface area contributed by atoms with Gasteiger partial charge < -0.3 is 0 Å². The summed E-state index contributed by atoms with van der Waals surface area (Å²) in [6.45, 7) is 7.44. The minimum absolute atomic E-state index is 0.00747. The highest BCUT2D eigenvalue weighted by molar-refractivity contribution is 7.92. The quantitative estimate of drug-likeness (QED) is 0.381. The van der Waals surface area contributed by atoms with Crippen LogP contribution in [0.15, 0.2) is 65.8 Å². The number of anilines is 1. The Morgan fingerprint density at radius 3 is 2.32 bits per heavy atom. The number of nitriles is 1. The largest absolute Gasteiger partial charge is 0.294 e. The molecule has 38 heavy (non-hydrogen) atoms. The molecule has 1 unspecified atom stereocenters. The van der Waals surface area contributed by atoms with Gasteiger partial charge in [-0.3, -0.25) is 19.3 Å². The standard InChI is InChI=1S/C29H28ClN3O4S/c1-28(2,20-6-5-13-32-16-20)15-18-14-24(34)25-22(30)11-12-23(26(25)27(18)35)33-38(36,37)21-9-7-19(8-10-21)29(3,4)17-31/h5-13,16,18,33H,14-15H2,1-4H3. The van der Waals surface area contributed by atoms with Crippen LogP contribution in [0.1, 0.15) is 72.4 Å². The maximum atomic E-state index is 13.8. The summed E-state index contributed by atoms with van der Waals surface area (Å²) < 4.78 is 29.0. The van der Waals surface area contributed by atoms with Crippen molar-refractivity contribution in [3.63, 3.8) is 0 Å². The van der Waals surface area contributed by atoms with Crippen LogP contribution in [-0.2, 0) is 20.9 Å². The van der Waals surface area contributed by atoms with Crippen LogP contribution in [0, 0.1) is 17.2 Å². The first-order valence-electron chi connectivity index (χ1n) is 12.1. The van der Waals surface area contributed by atoms with Crippen molar-refractivity contribution >= 4 is 38.9 Å². The van der Waals surface area contributed by atoms with Crippen molar-refractivity contribution in [2.24, 2.45) is 5.92 Å². The Morgan fingerprint density at radius 2 is 1.71 bits per heavy atom. The van der Waals surface area contributed by atoms with Gasteiger partial charge in [0.2, 0.25) is 0 Å². The minimum Gasteiger partial charge on any atom is -0.294 e. The number of pyridine rings is 1. The zero-order valence-corrected chi connectivity index (χ0v) is 23.2. The van der Waals surface area contributed by atoms with Crippen LogP contribution in [0.3, 0.4) is 0 Å². The maximum absolute atomic E-state index is 13.8. The summed E-state index contributed by atoms with van der Waals surface area (Å²) in [4.78, 5) is 31.1. The van der Waals surface area contributed by atoms with E-state index in [1.54, 1.807) is 38.4 Å². The lowest BCUT2D eigenvalue weighted by Gasteiger charge is -2.32. The van der Waals surface area contributed by atoms with Gasteiger partial charge in [0, 0.05) is 30.3 Å². The molecule has 196 valence electrons. The highest BCUT2D eigenvalue weighted by Crippen LogP contribution is 2.41. The molecule has 2 aromatic carbocycles. The van der Waals surface area contributed by atoms with Crippen molar-refractivity contribution in [1.82, 2.24) is 4.98 Å². The summed E-state index contributed by atoms with van der Waals surface area (Å²) in [5.41, 5.74) is 0.404. The van der Waals surface area contributed by atoms with E-state index in [4.69, 9.17) is 11.6 Å². The van der Waals surface area contributed by atoms with E-state index in [1.165, 1.54) is 24.3 Å². The molecule has 0 radical (unpaired) electrons. The summed E-state index contributed by atoms with van der Waals surface area (Å²) in [6, 6.07) is 14.7. The average molecular weight is 550 g/mol. The van der Waals surface area contributed by atoms with Gasteiger partial charge in [0.15, 0.2) is 11.6 Å². The van der Waals surface area contributed by atoms with Gasteiger partial charge in [-0.2, -0.15) is 5.26 Å². The fraction of sp³-hybridized carbons (Fsp3) is 0.310. The molecule has 1 N–H and O–H groups in total. The number of nitrogens with one attached hydrogen (secondary N) is 1. The van der Waals surface area contributed by atoms with Crippen molar-refractivity contribution in [2.75, 3.05) is 4.72 Å². The summed E-state index contributed by atoms with van der Waals surface area (Å²) >= 11 is 6.33. The van der Waals surface area contributed by atoms with Gasteiger partial charge in [0.25, 0.3) is 10.0 Å². The second-order valence-corrected chi connectivity index (χ2v) is 12.8. The minimum atomic E-state index is -4.11. The first-order chi connectivity index (χ1) is 17.8. The van der Waals surface area contributed by atoms with E-state index in [0.29, 0.717) is 12.0 Å². The first kappa shape index (κ1) is 27.5. The van der Waals surface area contributed by atoms with Gasteiger partial charge in [-0.05, 0) is 67.1 Å². The van der Waals surface area contributed by atoms with Gasteiger partial charge in [-0.1, -0.05) is 43.6 Å². The van der Waals surface area contributed by atoms with Crippen molar-refractivity contribution in [2.45, 2.75) is 56.3 Å². The second kappa shape index (κ2) is 9.97. The fourth-order valence-corrected chi connectivity index (χ4v) is 6.13. The molecule has 0 amide bonds. The summed E-state index contributed by atoms with van der Waals surface area (Å²) in [7, 11) is -4.11. The van der Waals surface area contributed by atoms with E-state index >= 15 is 0 Å². The molecule has 9 heteroatoms. The molecule has 0 spiro atoms. The number of nitrogens with zero attached hydrogens (tertiary/aromatic N) is 2. The molecule has 1 heterocycles. The molecule has 1 aromatic heterocycles. The smallest absolute Gasteiger partial charge is 0.261 e. The number of sulfonamides is 1. The molecule has 0 saturated heterocycles. The predicted octanol–water partition coefficient (Wildman–Crippen LogP) is 6.09. The Bertz CT molecular complexity index is 1560. The number of carbonyl (C=O) groups is 2. The number of hydrogen-bond donors (Lipinski definition) is 1. The lowest BCUT2D eigenvalue weighted by atomic mass is 9.71. The number of rotatable bonds is 7. The third kappa shape index (κ3) is 5.22. The van der Waals surface area contributed by atoms with Gasteiger partial charge >= 0.3 is 0 Å². The molecule has 0 fully saturated rings. The molecule has 7 nitrogen and oxygen atoms in total. The average Bonchev–Trinajstić information content (AvgIpc) is 2.88. The molecular formula is C29H28ClN3O4S. The Hall–Kier alpha value is -3.54. The lowest BCUT2D eigenvalue weighted by molar-refractivity contribution is 0.0801. The highest BCUT2D eigenvalue weighted by atomic mass is 35.5. The Morgan fingerprint density at radius 1 is 1.03 bits per heavy atom. The number of fused-ring (bicyclic) bond motifs is 1. The van der Waals surface area contributed by atoms with E-state index in [0.717, 1.165) is 5.56 Å². The molecule has 0 bridgehead atoms. The zero-order chi connectivity index (χ0) is 27.9. The molecule has 1 atom stereocenters. The fourth-order valence-electron chi connectivity index (χ4n) is 4.79. The van der Waals surface area contributed by atoms with Crippen LogP contribution in [0.25, 0.3) is 0 Å². The molecule has 0 saturated carbocycles. The van der Waals surface area contributed by atoms with Crippen LogP contribution in [0.2, 0.25) is 5.02 Å². The topological polar surface area (TPSA) is 117 Å². The summed E-state index contributed by atoms with van der Waals surface area (Å²) in [5, 5.41) is 9.46. The van der Waals surface area contributed by atoms with Gasteiger partial charge in [0.05, 0.1) is 32.7 Å². The SMILES string of the molecule is CC(C)(C#N)c1ccc(S(=O)(=O)Nc2ccc(Cl)c3c2C(=O)C(CC(C)(C)c2cccnc2)CC3=O)cc1. The van der Waals surface area contributed by atoms with Crippen molar-refractivity contribution < 1.29 is 18.0 Å². The third-order valence-electron chi connectivity index (χ3n) is 7.09. The molecule has 3 aromatic rings. The van der Waals surface area contributed by atoms with Gasteiger partial charge in [-0.25, -0.2) is 8.42 Å². The summed E-state index contributed by atoms with van der Waals surface area (Å²) in [6.07, 6.45) is 3.77. The Kier molecular flexibility index (Phi) is 7.21. The number of halogens is 1. The Balaban J connectivity index is 1.69. The highest BCUT2D eigenvalue weighted by Gasteiger charge is 2.40. The number of hydrogen-bond acceptors (Lipinski definition) is 6. The molecular weight excluding hydrogens is 522 g/mol. The van der Waals surface area contributed by atoms with E-state index in [1.807, 2.05) is 26.0 Å². The lowest BCUT2D eigenvalue weighted by Crippen LogP contribution is -2.33. The van der Waals surface area contributed by atoms with Crippen LogP contribution in [0.5, 0.6) is 0 Å². The van der Waals surface area contributed by atoms with E-state index < -0.39 is 26.8 Å². The molecule has 1 aliphatic rings. The van der Waals surface area contributed by atoms with E-state index in [2.05, 4.69) is 15.8 Å². The number of Topliss-reactive ketones (excluding diaryl/α,β-unsaturated/α-hetero) is 2. The molecule has 4 rings (SSSR count). The van der Waals surface area contributed by atoms with E-state index in [-0.39, 0.29) is 44.7 Å². The molecule has 0 aliphatic heterocycles.